The van der Waals surface area contributed by atoms with E-state index in [0.29, 0.717) is 12.2 Å². The number of aromatic nitrogens is 2. The van der Waals surface area contributed by atoms with Gasteiger partial charge in [-0.25, -0.2) is 0 Å². The predicted octanol–water partition coefficient (Wildman–Crippen LogP) is 1.38. The lowest BCUT2D eigenvalue weighted by molar-refractivity contribution is 0.138. The molecule has 1 aromatic heterocycles. The lowest BCUT2D eigenvalue weighted by atomic mass is 10.1. The average molecular weight is 240 g/mol. The minimum absolute atomic E-state index is 0.229. The van der Waals surface area contributed by atoms with Crippen LogP contribution in [0.1, 0.15) is 32.9 Å². The van der Waals surface area contributed by atoms with E-state index in [9.17, 15) is 5.11 Å². The summed E-state index contributed by atoms with van der Waals surface area (Å²) < 4.78 is 1.74. The van der Waals surface area contributed by atoms with E-state index < -0.39 is 0 Å². The Labute approximate surface area is 103 Å². The van der Waals surface area contributed by atoms with Gasteiger partial charge in [-0.2, -0.15) is 5.10 Å². The maximum Gasteiger partial charge on any atom is 0.147 e. The van der Waals surface area contributed by atoms with Crippen molar-refractivity contribution in [2.24, 2.45) is 13.0 Å². The average Bonchev–Trinajstić information content (AvgIpc) is 2.52. The molecule has 5 heteroatoms. The Morgan fingerprint density at radius 3 is 2.65 bits per heavy atom. The fourth-order valence-corrected chi connectivity index (χ4v) is 1.66. The Bertz CT molecular complexity index is 360. The molecule has 0 radical (unpaired) electrons. The van der Waals surface area contributed by atoms with Gasteiger partial charge in [0.05, 0.1) is 17.5 Å². The van der Waals surface area contributed by atoms with Crippen molar-refractivity contribution in [3.05, 3.63) is 5.69 Å². The van der Waals surface area contributed by atoms with Crippen LogP contribution in [0.4, 0.5) is 11.5 Å². The van der Waals surface area contributed by atoms with Crippen LogP contribution in [-0.4, -0.2) is 27.5 Å². The summed E-state index contributed by atoms with van der Waals surface area (Å²) in [7, 11) is 1.86. The third-order valence-corrected chi connectivity index (χ3v) is 2.90. The number of hydrogen-bond acceptors (Lipinski definition) is 4. The molecule has 0 aromatic carbocycles. The topological polar surface area (TPSA) is 76.1 Å². The summed E-state index contributed by atoms with van der Waals surface area (Å²) in [5.74, 6) is 1.03. The third kappa shape index (κ3) is 3.36. The van der Waals surface area contributed by atoms with E-state index in [1.54, 1.807) is 4.68 Å². The van der Waals surface area contributed by atoms with Gasteiger partial charge in [0.2, 0.25) is 0 Å². The van der Waals surface area contributed by atoms with Crippen molar-refractivity contribution in [1.82, 2.24) is 9.78 Å². The molecule has 0 aliphatic rings. The Morgan fingerprint density at radius 2 is 2.12 bits per heavy atom. The van der Waals surface area contributed by atoms with Gasteiger partial charge in [0, 0.05) is 13.6 Å². The van der Waals surface area contributed by atoms with Gasteiger partial charge < -0.3 is 16.2 Å². The van der Waals surface area contributed by atoms with E-state index in [4.69, 9.17) is 5.73 Å². The molecule has 0 spiro atoms. The highest BCUT2D eigenvalue weighted by atomic mass is 16.3. The zero-order valence-corrected chi connectivity index (χ0v) is 11.2. The number of aryl methyl sites for hydroxylation is 2. The number of anilines is 2. The first-order valence-electron chi connectivity index (χ1n) is 6.20. The van der Waals surface area contributed by atoms with Crippen LogP contribution < -0.4 is 11.1 Å². The van der Waals surface area contributed by atoms with Crippen molar-refractivity contribution in [2.45, 2.75) is 39.7 Å². The molecule has 98 valence electrons. The van der Waals surface area contributed by atoms with Crippen molar-refractivity contribution >= 4 is 11.5 Å². The Balaban J connectivity index is 2.71. The molecule has 0 aliphatic heterocycles. The molecular formula is C12H24N4O. The monoisotopic (exact) mass is 240 g/mol. The van der Waals surface area contributed by atoms with Crippen LogP contribution in [0.15, 0.2) is 0 Å². The highest BCUT2D eigenvalue weighted by Gasteiger charge is 2.14. The lowest BCUT2D eigenvalue weighted by Gasteiger charge is -2.16. The van der Waals surface area contributed by atoms with Gasteiger partial charge in [0.25, 0.3) is 0 Å². The minimum Gasteiger partial charge on any atom is -0.394 e. The number of aliphatic hydroxyl groups is 1. The minimum atomic E-state index is -0.376. The highest BCUT2D eigenvalue weighted by molar-refractivity contribution is 5.65. The molecule has 0 saturated heterocycles. The highest BCUT2D eigenvalue weighted by Crippen LogP contribution is 2.23. The second-order valence-electron chi connectivity index (χ2n) is 4.77. The second kappa shape index (κ2) is 5.91. The molecule has 0 bridgehead atoms. The van der Waals surface area contributed by atoms with Gasteiger partial charge in [-0.3, -0.25) is 4.68 Å². The van der Waals surface area contributed by atoms with Gasteiger partial charge in [-0.15, -0.1) is 0 Å². The number of nitrogen functional groups attached to an aromatic ring is 1. The van der Waals surface area contributed by atoms with Crippen molar-refractivity contribution in [1.29, 1.82) is 0 Å². The third-order valence-electron chi connectivity index (χ3n) is 2.90. The first-order valence-corrected chi connectivity index (χ1v) is 6.20. The van der Waals surface area contributed by atoms with Crippen molar-refractivity contribution < 1.29 is 5.11 Å². The zero-order chi connectivity index (χ0) is 13.0. The first kappa shape index (κ1) is 13.8. The molecule has 0 saturated carbocycles. The number of rotatable bonds is 6. The summed E-state index contributed by atoms with van der Waals surface area (Å²) in [6.45, 7) is 6.57. The van der Waals surface area contributed by atoms with Gasteiger partial charge in [0.15, 0.2) is 0 Å². The van der Waals surface area contributed by atoms with Crippen LogP contribution in [-0.2, 0) is 13.5 Å². The molecule has 1 rings (SSSR count). The molecule has 0 aliphatic carbocycles. The van der Waals surface area contributed by atoms with Gasteiger partial charge >= 0.3 is 0 Å². The van der Waals surface area contributed by atoms with Crippen LogP contribution in [0, 0.1) is 5.92 Å². The summed E-state index contributed by atoms with van der Waals surface area (Å²) in [5, 5.41) is 17.3. The van der Waals surface area contributed by atoms with Gasteiger partial charge in [0.1, 0.15) is 5.82 Å². The second-order valence-corrected chi connectivity index (χ2v) is 4.77. The summed E-state index contributed by atoms with van der Waals surface area (Å²) in [6, 6.07) is 0. The van der Waals surface area contributed by atoms with E-state index in [1.807, 2.05) is 20.9 Å². The number of nitrogens with one attached hydrogen (secondary N) is 1. The van der Waals surface area contributed by atoms with Gasteiger partial charge in [-0.05, 0) is 12.3 Å². The van der Waals surface area contributed by atoms with Crippen LogP contribution in [0.25, 0.3) is 0 Å². The molecule has 1 heterocycles. The maximum atomic E-state index is 9.75. The van der Waals surface area contributed by atoms with Crippen LogP contribution in [0.2, 0.25) is 0 Å². The van der Waals surface area contributed by atoms with Crippen LogP contribution >= 0.6 is 0 Å². The normalized spacial score (nSPS) is 13.1. The maximum absolute atomic E-state index is 9.75. The molecule has 17 heavy (non-hydrogen) atoms. The fourth-order valence-electron chi connectivity index (χ4n) is 1.66. The number of nitrogens with two attached hydrogens (primary N) is 1. The summed E-state index contributed by atoms with van der Waals surface area (Å²) >= 11 is 0. The Hall–Kier alpha value is -1.23. The molecule has 5 nitrogen and oxygen atoms in total. The predicted molar refractivity (Wildman–Crippen MR) is 70.9 cm³/mol. The van der Waals surface area contributed by atoms with Crippen LogP contribution in [0.3, 0.4) is 0 Å². The van der Waals surface area contributed by atoms with E-state index in [-0.39, 0.29) is 12.0 Å². The molecule has 1 atom stereocenters. The quantitative estimate of drug-likeness (QED) is 0.702. The zero-order valence-electron chi connectivity index (χ0n) is 11.2. The molecule has 0 fully saturated rings. The fraction of sp³-hybridized carbons (Fsp3) is 0.750. The molecule has 1 aromatic rings. The lowest BCUT2D eigenvalue weighted by Crippen LogP contribution is -2.25. The Kier molecular flexibility index (Phi) is 4.81. The van der Waals surface area contributed by atoms with E-state index >= 15 is 0 Å². The molecular weight excluding hydrogens is 216 g/mol. The summed E-state index contributed by atoms with van der Waals surface area (Å²) in [4.78, 5) is 0. The number of aliphatic hydroxyl groups excluding tert-OH is 1. The van der Waals surface area contributed by atoms with E-state index in [1.165, 1.54) is 0 Å². The molecule has 4 N–H and O–H groups in total. The van der Waals surface area contributed by atoms with E-state index in [2.05, 4.69) is 17.3 Å². The standard InChI is InChI=1S/C12H24N4O/c1-5-6-9-11(13)12(16(4)15-9)14-7-10(17)8(2)3/h8,10,14,17H,5-7,13H2,1-4H3. The molecule has 0 amide bonds. The van der Waals surface area contributed by atoms with Gasteiger partial charge in [-0.1, -0.05) is 27.2 Å². The first-order chi connectivity index (χ1) is 7.97. The summed E-state index contributed by atoms with van der Waals surface area (Å²) in [5.41, 5.74) is 7.65. The summed E-state index contributed by atoms with van der Waals surface area (Å²) in [6.07, 6.45) is 1.53. The Morgan fingerprint density at radius 1 is 1.47 bits per heavy atom. The SMILES string of the molecule is CCCc1nn(C)c(NCC(O)C(C)C)c1N. The van der Waals surface area contributed by atoms with Crippen molar-refractivity contribution in [3.63, 3.8) is 0 Å². The largest absolute Gasteiger partial charge is 0.394 e. The number of nitrogens with zero attached hydrogens (tertiary/aromatic N) is 2. The van der Waals surface area contributed by atoms with E-state index in [0.717, 1.165) is 24.4 Å². The number of hydrogen-bond donors (Lipinski definition) is 3. The van der Waals surface area contributed by atoms with Crippen molar-refractivity contribution in [3.8, 4) is 0 Å². The molecule has 1 unspecified atom stereocenters. The van der Waals surface area contributed by atoms with Crippen molar-refractivity contribution in [2.75, 3.05) is 17.6 Å². The smallest absolute Gasteiger partial charge is 0.147 e. The van der Waals surface area contributed by atoms with Crippen LogP contribution in [0.5, 0.6) is 0 Å².